The summed E-state index contributed by atoms with van der Waals surface area (Å²) in [4.78, 5) is 0. The van der Waals surface area contributed by atoms with Gasteiger partial charge in [-0.25, -0.2) is 0 Å². The van der Waals surface area contributed by atoms with Crippen LogP contribution < -0.4 is 0 Å². The molecule has 2 rings (SSSR count). The van der Waals surface area contributed by atoms with Crippen molar-refractivity contribution in [1.29, 1.82) is 0 Å². The van der Waals surface area contributed by atoms with E-state index in [1.165, 1.54) is 37.0 Å². The molecule has 1 radical (unpaired) electrons. The predicted molar refractivity (Wildman–Crippen MR) is 57.7 cm³/mol. The van der Waals surface area contributed by atoms with Gasteiger partial charge in [-0.15, -0.1) is 0 Å². The number of benzene rings is 1. The molecule has 0 bridgehead atoms. The van der Waals surface area contributed by atoms with Gasteiger partial charge in [0.1, 0.15) is 6.61 Å². The third-order valence-corrected chi connectivity index (χ3v) is 2.86. The largest absolute Gasteiger partial charge is 0.385 e. The Morgan fingerprint density at radius 3 is 2.79 bits per heavy atom. The minimum absolute atomic E-state index is 0.774. The summed E-state index contributed by atoms with van der Waals surface area (Å²) in [6.45, 7) is 3.41. The third-order valence-electron chi connectivity index (χ3n) is 2.86. The topological polar surface area (TPSA) is 20.2 Å². The van der Waals surface area contributed by atoms with Crippen molar-refractivity contribution in [3.63, 3.8) is 0 Å². The van der Waals surface area contributed by atoms with E-state index in [1.54, 1.807) is 0 Å². The summed E-state index contributed by atoms with van der Waals surface area (Å²) in [5.41, 5.74) is 3.88. The lowest BCUT2D eigenvalue weighted by Gasteiger charge is -2.09. The molecule has 14 heavy (non-hydrogen) atoms. The Kier molecular flexibility index (Phi) is 2.87. The monoisotopic (exact) mass is 189 g/mol. The van der Waals surface area contributed by atoms with Gasteiger partial charge >= 0.3 is 0 Å². The van der Waals surface area contributed by atoms with Crippen LogP contribution in [0.5, 0.6) is 0 Å². The van der Waals surface area contributed by atoms with E-state index in [4.69, 9.17) is 5.11 Å². The molecule has 0 aromatic heterocycles. The zero-order valence-corrected chi connectivity index (χ0v) is 8.66. The van der Waals surface area contributed by atoms with Crippen molar-refractivity contribution in [2.24, 2.45) is 0 Å². The van der Waals surface area contributed by atoms with Gasteiger partial charge in [0.2, 0.25) is 0 Å². The Hall–Kier alpha value is -0.820. The molecule has 0 amide bonds. The number of aliphatic hydroxyl groups excluding tert-OH is 1. The first-order valence-electron chi connectivity index (χ1n) is 5.45. The van der Waals surface area contributed by atoms with Gasteiger partial charge in [-0.05, 0) is 41.9 Å². The number of aliphatic hydroxyl groups is 1. The van der Waals surface area contributed by atoms with E-state index < -0.39 is 0 Å². The van der Waals surface area contributed by atoms with Crippen molar-refractivity contribution < 1.29 is 5.11 Å². The lowest BCUT2D eigenvalue weighted by molar-refractivity contribution is 0.414. The number of rotatable bonds is 4. The third kappa shape index (κ3) is 1.98. The van der Waals surface area contributed by atoms with Gasteiger partial charge in [0.05, 0.1) is 0 Å². The highest BCUT2D eigenvalue weighted by atomic mass is 16.3. The molecule has 0 atom stereocenters. The number of aryl methyl sites for hydroxylation is 1. The van der Waals surface area contributed by atoms with Crippen LogP contribution in [0.3, 0.4) is 0 Å². The van der Waals surface area contributed by atoms with Gasteiger partial charge < -0.3 is 5.11 Å². The van der Waals surface area contributed by atoms with Crippen molar-refractivity contribution in [2.75, 3.05) is 0 Å². The average Bonchev–Trinajstić information content (AvgIpc) is 3.02. The fraction of sp³-hybridized carbons (Fsp3) is 0.462. The minimum Gasteiger partial charge on any atom is -0.385 e. The van der Waals surface area contributed by atoms with E-state index in [0.717, 1.165) is 17.9 Å². The molecular formula is C13H17O. The molecule has 1 aliphatic rings. The van der Waals surface area contributed by atoms with Gasteiger partial charge in [0.15, 0.2) is 0 Å². The molecule has 0 spiro atoms. The normalized spacial score (nSPS) is 15.9. The summed E-state index contributed by atoms with van der Waals surface area (Å²) in [6, 6.07) is 6.30. The van der Waals surface area contributed by atoms with Crippen LogP contribution >= 0.6 is 0 Å². The quantitative estimate of drug-likeness (QED) is 0.769. The molecule has 0 aliphatic heterocycles. The minimum atomic E-state index is 0.774. The summed E-state index contributed by atoms with van der Waals surface area (Å²) >= 11 is 0. The van der Waals surface area contributed by atoms with Crippen LogP contribution in [0.1, 0.15) is 48.8 Å². The fourth-order valence-corrected chi connectivity index (χ4v) is 1.97. The number of hydrogen-bond acceptors (Lipinski definition) is 1. The van der Waals surface area contributed by atoms with Gasteiger partial charge in [-0.1, -0.05) is 31.5 Å². The molecule has 1 aromatic rings. The van der Waals surface area contributed by atoms with Crippen LogP contribution in [-0.4, -0.2) is 5.11 Å². The van der Waals surface area contributed by atoms with Gasteiger partial charge in [0.25, 0.3) is 0 Å². The molecule has 1 aliphatic carbocycles. The van der Waals surface area contributed by atoms with E-state index in [2.05, 4.69) is 19.1 Å². The standard InChI is InChI=1S/C13H17O/c1-2-3-11-5-4-10(9-14)8-13(11)12-6-7-12/h4-5,8-9,12,14H,2-3,6-7H2,1H3. The van der Waals surface area contributed by atoms with E-state index in [9.17, 15) is 0 Å². The Morgan fingerprint density at radius 2 is 2.21 bits per heavy atom. The second-order valence-corrected chi connectivity index (χ2v) is 4.11. The van der Waals surface area contributed by atoms with Gasteiger partial charge in [0, 0.05) is 0 Å². The summed E-state index contributed by atoms with van der Waals surface area (Å²) in [7, 11) is 0. The van der Waals surface area contributed by atoms with E-state index in [-0.39, 0.29) is 0 Å². The summed E-state index contributed by atoms with van der Waals surface area (Å²) in [6.07, 6.45) is 5.01. The van der Waals surface area contributed by atoms with Crippen molar-refractivity contribution >= 4 is 0 Å². The maximum Gasteiger partial charge on any atom is 0.109 e. The molecule has 1 heteroatoms. The molecule has 0 saturated heterocycles. The zero-order chi connectivity index (χ0) is 9.97. The maximum atomic E-state index is 8.96. The lowest BCUT2D eigenvalue weighted by Crippen LogP contribution is -1.94. The SMILES string of the molecule is CCCc1ccc([CH]O)cc1C1CC1. The predicted octanol–water partition coefficient (Wildman–Crippen LogP) is 3.40. The van der Waals surface area contributed by atoms with Crippen LogP contribution in [0.15, 0.2) is 18.2 Å². The first-order valence-corrected chi connectivity index (χ1v) is 5.45. The average molecular weight is 189 g/mol. The highest BCUT2D eigenvalue weighted by Gasteiger charge is 2.25. The fourth-order valence-electron chi connectivity index (χ4n) is 1.97. The second-order valence-electron chi connectivity index (χ2n) is 4.11. The Morgan fingerprint density at radius 1 is 1.43 bits per heavy atom. The van der Waals surface area contributed by atoms with Crippen LogP contribution in [-0.2, 0) is 6.42 Å². The lowest BCUT2D eigenvalue weighted by atomic mass is 9.97. The second kappa shape index (κ2) is 4.14. The molecule has 0 unspecified atom stereocenters. The Balaban J connectivity index is 2.29. The Bertz CT molecular complexity index is 313. The van der Waals surface area contributed by atoms with Gasteiger partial charge in [-0.2, -0.15) is 0 Å². The van der Waals surface area contributed by atoms with Crippen LogP contribution in [0, 0.1) is 6.61 Å². The smallest absolute Gasteiger partial charge is 0.109 e. The van der Waals surface area contributed by atoms with E-state index in [0.29, 0.717) is 0 Å². The van der Waals surface area contributed by atoms with Crippen LogP contribution in [0.25, 0.3) is 0 Å². The van der Waals surface area contributed by atoms with Crippen LogP contribution in [0.4, 0.5) is 0 Å². The van der Waals surface area contributed by atoms with Crippen molar-refractivity contribution in [1.82, 2.24) is 0 Å². The molecule has 1 nitrogen and oxygen atoms in total. The molecule has 1 saturated carbocycles. The molecule has 1 aromatic carbocycles. The summed E-state index contributed by atoms with van der Waals surface area (Å²) in [5, 5.41) is 8.96. The summed E-state index contributed by atoms with van der Waals surface area (Å²) in [5.74, 6) is 0.774. The highest BCUT2D eigenvalue weighted by molar-refractivity contribution is 5.38. The maximum absolute atomic E-state index is 8.96. The first kappa shape index (κ1) is 9.72. The first-order chi connectivity index (χ1) is 6.85. The molecule has 1 N–H and O–H groups in total. The van der Waals surface area contributed by atoms with Crippen molar-refractivity contribution in [3.05, 3.63) is 41.5 Å². The Labute approximate surface area is 85.8 Å². The number of hydrogen-bond donors (Lipinski definition) is 1. The molecule has 75 valence electrons. The molecular weight excluding hydrogens is 172 g/mol. The zero-order valence-electron chi connectivity index (χ0n) is 8.66. The van der Waals surface area contributed by atoms with Crippen molar-refractivity contribution in [2.45, 2.75) is 38.5 Å². The highest BCUT2D eigenvalue weighted by Crippen LogP contribution is 2.42. The van der Waals surface area contributed by atoms with E-state index in [1.807, 2.05) is 6.07 Å². The van der Waals surface area contributed by atoms with Crippen molar-refractivity contribution in [3.8, 4) is 0 Å². The van der Waals surface area contributed by atoms with Gasteiger partial charge in [-0.3, -0.25) is 0 Å². The molecule has 0 heterocycles. The van der Waals surface area contributed by atoms with Crippen LogP contribution in [0.2, 0.25) is 0 Å². The summed E-state index contributed by atoms with van der Waals surface area (Å²) < 4.78 is 0. The molecule has 1 fully saturated rings. The van der Waals surface area contributed by atoms with E-state index >= 15 is 0 Å².